The molecule has 1 rings (SSSR count). The van der Waals surface area contributed by atoms with Gasteiger partial charge in [-0.15, -0.1) is 0 Å². The molecule has 5 nitrogen and oxygen atoms in total. The van der Waals surface area contributed by atoms with Gasteiger partial charge in [0.25, 0.3) is 0 Å². The Morgan fingerprint density at radius 1 is 1.56 bits per heavy atom. The maximum absolute atomic E-state index is 10.5. The number of aliphatic hydroxyl groups is 1. The van der Waals surface area contributed by atoms with Gasteiger partial charge in [-0.2, -0.15) is 0 Å². The van der Waals surface area contributed by atoms with Crippen molar-refractivity contribution in [2.45, 2.75) is 12.5 Å². The Balaban J connectivity index is 2.40. The van der Waals surface area contributed by atoms with Crippen LogP contribution in [-0.2, 0) is 4.74 Å². The molecule has 6 heteroatoms. The van der Waals surface area contributed by atoms with E-state index in [1.54, 1.807) is 24.3 Å². The molecule has 0 saturated heterocycles. The zero-order valence-corrected chi connectivity index (χ0v) is 9.15. The van der Waals surface area contributed by atoms with Crippen molar-refractivity contribution in [2.75, 3.05) is 6.61 Å². The Hall–Kier alpha value is -1.30. The van der Waals surface area contributed by atoms with Crippen molar-refractivity contribution in [3.05, 3.63) is 34.9 Å². The molecule has 0 heterocycles. The van der Waals surface area contributed by atoms with Crippen LogP contribution >= 0.6 is 11.6 Å². The van der Waals surface area contributed by atoms with Crippen LogP contribution in [0.3, 0.4) is 0 Å². The highest BCUT2D eigenvalue weighted by atomic mass is 35.5. The topological polar surface area (TPSA) is 78.8 Å². The van der Waals surface area contributed by atoms with Gasteiger partial charge in [-0.05, 0) is 17.7 Å². The molecular weight excluding hydrogens is 234 g/mol. The van der Waals surface area contributed by atoms with Crippen LogP contribution in [-0.4, -0.2) is 23.0 Å². The Kier molecular flexibility index (Phi) is 5.04. The number of halogens is 1. The molecule has 1 aromatic rings. The first-order valence-corrected chi connectivity index (χ1v) is 5.01. The molecule has 0 aromatic heterocycles. The first kappa shape index (κ1) is 12.8. The Morgan fingerprint density at radius 2 is 2.31 bits per heavy atom. The van der Waals surface area contributed by atoms with Crippen molar-refractivity contribution in [1.82, 2.24) is 5.48 Å². The van der Waals surface area contributed by atoms with Crippen LogP contribution in [0.25, 0.3) is 0 Å². The molecule has 1 unspecified atom stereocenters. The molecule has 0 radical (unpaired) electrons. The molecule has 0 aliphatic carbocycles. The molecule has 0 saturated carbocycles. The summed E-state index contributed by atoms with van der Waals surface area (Å²) in [7, 11) is 0. The Bertz CT molecular complexity index is 358. The van der Waals surface area contributed by atoms with E-state index in [9.17, 15) is 9.90 Å². The van der Waals surface area contributed by atoms with E-state index in [0.717, 1.165) is 0 Å². The summed E-state index contributed by atoms with van der Waals surface area (Å²) in [5.41, 5.74) is 1.98. The van der Waals surface area contributed by atoms with E-state index >= 15 is 0 Å². The van der Waals surface area contributed by atoms with E-state index in [4.69, 9.17) is 16.8 Å². The van der Waals surface area contributed by atoms with Crippen molar-refractivity contribution >= 4 is 17.7 Å². The summed E-state index contributed by atoms with van der Waals surface area (Å²) < 4.78 is 4.52. The van der Waals surface area contributed by atoms with E-state index in [0.29, 0.717) is 10.6 Å². The van der Waals surface area contributed by atoms with Crippen LogP contribution in [0.5, 0.6) is 0 Å². The average Bonchev–Trinajstić information content (AvgIpc) is 2.28. The smallest absolute Gasteiger partial charge is 0.431 e. The van der Waals surface area contributed by atoms with Gasteiger partial charge in [0.2, 0.25) is 0 Å². The third-order valence-electron chi connectivity index (χ3n) is 1.95. The molecule has 3 N–H and O–H groups in total. The first-order chi connectivity index (χ1) is 7.63. The van der Waals surface area contributed by atoms with Gasteiger partial charge >= 0.3 is 6.09 Å². The fraction of sp³-hybridized carbons (Fsp3) is 0.300. The molecule has 0 fully saturated rings. The highest BCUT2D eigenvalue weighted by Crippen LogP contribution is 2.20. The molecule has 16 heavy (non-hydrogen) atoms. The standard InChI is InChI=1S/C10H12ClNO4/c11-8-3-1-2-7(6-8)9(13)4-5-16-10(14)12-15/h1-3,6,9,13,15H,4-5H2,(H,12,14). The summed E-state index contributed by atoms with van der Waals surface area (Å²) in [5.74, 6) is 0. The zero-order chi connectivity index (χ0) is 12.0. The minimum atomic E-state index is -0.946. The second-order valence-electron chi connectivity index (χ2n) is 3.11. The van der Waals surface area contributed by atoms with Crippen molar-refractivity contribution in [1.29, 1.82) is 0 Å². The maximum atomic E-state index is 10.5. The molecule has 1 aromatic carbocycles. The number of hydrogen-bond donors (Lipinski definition) is 3. The molecule has 0 bridgehead atoms. The van der Waals surface area contributed by atoms with Crippen molar-refractivity contribution in [3.63, 3.8) is 0 Å². The van der Waals surface area contributed by atoms with Gasteiger partial charge in [-0.25, -0.2) is 10.3 Å². The van der Waals surface area contributed by atoms with Gasteiger partial charge in [-0.1, -0.05) is 23.7 Å². The fourth-order valence-electron chi connectivity index (χ4n) is 1.18. The van der Waals surface area contributed by atoms with Gasteiger partial charge in [0, 0.05) is 11.4 Å². The van der Waals surface area contributed by atoms with Gasteiger partial charge in [0.15, 0.2) is 0 Å². The van der Waals surface area contributed by atoms with Crippen LogP contribution in [0.1, 0.15) is 18.1 Å². The highest BCUT2D eigenvalue weighted by molar-refractivity contribution is 6.30. The molecule has 1 atom stereocenters. The summed E-state index contributed by atoms with van der Waals surface area (Å²) in [6, 6.07) is 6.79. The lowest BCUT2D eigenvalue weighted by molar-refractivity contribution is 0.0720. The maximum Gasteiger partial charge on any atom is 0.431 e. The van der Waals surface area contributed by atoms with Crippen molar-refractivity contribution in [3.8, 4) is 0 Å². The number of rotatable bonds is 4. The van der Waals surface area contributed by atoms with Crippen LogP contribution in [0.2, 0.25) is 5.02 Å². The predicted octanol–water partition coefficient (Wildman–Crippen LogP) is 1.88. The van der Waals surface area contributed by atoms with Crippen LogP contribution in [0.15, 0.2) is 24.3 Å². The van der Waals surface area contributed by atoms with Crippen molar-refractivity contribution < 1.29 is 19.8 Å². The second-order valence-corrected chi connectivity index (χ2v) is 3.54. The molecule has 0 aliphatic rings. The summed E-state index contributed by atoms with van der Waals surface area (Å²) in [4.78, 5) is 10.5. The van der Waals surface area contributed by atoms with Gasteiger partial charge in [-0.3, -0.25) is 5.21 Å². The summed E-state index contributed by atoms with van der Waals surface area (Å²) in [6.45, 7) is 0.0000728. The number of amides is 1. The number of carbonyl (C=O) groups excluding carboxylic acids is 1. The molecule has 0 spiro atoms. The van der Waals surface area contributed by atoms with Gasteiger partial charge < -0.3 is 9.84 Å². The van der Waals surface area contributed by atoms with Crippen LogP contribution in [0.4, 0.5) is 4.79 Å². The summed E-state index contributed by atoms with van der Waals surface area (Å²) >= 11 is 5.76. The largest absolute Gasteiger partial charge is 0.448 e. The third-order valence-corrected chi connectivity index (χ3v) is 2.18. The second kappa shape index (κ2) is 6.32. The Morgan fingerprint density at radius 3 is 2.94 bits per heavy atom. The number of nitrogens with one attached hydrogen (secondary N) is 1. The minimum absolute atomic E-state index is 0.0000728. The average molecular weight is 246 g/mol. The molecule has 1 amide bonds. The van der Waals surface area contributed by atoms with Gasteiger partial charge in [0.05, 0.1) is 12.7 Å². The summed E-state index contributed by atoms with van der Waals surface area (Å²) in [5, 5.41) is 18.4. The number of benzene rings is 1. The van der Waals surface area contributed by atoms with E-state index in [2.05, 4.69) is 4.74 Å². The van der Waals surface area contributed by atoms with Gasteiger partial charge in [0.1, 0.15) is 0 Å². The molecule has 88 valence electrons. The third kappa shape index (κ3) is 4.06. The highest BCUT2D eigenvalue weighted by Gasteiger charge is 2.09. The first-order valence-electron chi connectivity index (χ1n) is 4.64. The number of ether oxygens (including phenoxy) is 1. The monoisotopic (exact) mass is 245 g/mol. The molecular formula is C10H12ClNO4. The van der Waals surface area contributed by atoms with Crippen molar-refractivity contribution in [2.24, 2.45) is 0 Å². The van der Waals surface area contributed by atoms with E-state index in [-0.39, 0.29) is 13.0 Å². The van der Waals surface area contributed by atoms with Crippen LogP contribution in [0, 0.1) is 0 Å². The van der Waals surface area contributed by atoms with E-state index in [1.165, 1.54) is 5.48 Å². The quantitative estimate of drug-likeness (QED) is 0.559. The lowest BCUT2D eigenvalue weighted by Crippen LogP contribution is -2.21. The number of carbonyl (C=O) groups is 1. The normalized spacial score (nSPS) is 11.9. The lowest BCUT2D eigenvalue weighted by Gasteiger charge is -2.11. The predicted molar refractivity (Wildman–Crippen MR) is 57.3 cm³/mol. The number of hydrogen-bond acceptors (Lipinski definition) is 4. The van der Waals surface area contributed by atoms with E-state index in [1.807, 2.05) is 0 Å². The minimum Gasteiger partial charge on any atom is -0.448 e. The zero-order valence-electron chi connectivity index (χ0n) is 8.39. The number of hydroxylamine groups is 1. The SMILES string of the molecule is O=C(NO)OCCC(O)c1cccc(Cl)c1. The lowest BCUT2D eigenvalue weighted by atomic mass is 10.1. The molecule has 0 aliphatic heterocycles. The van der Waals surface area contributed by atoms with E-state index < -0.39 is 12.2 Å². The fourth-order valence-corrected chi connectivity index (χ4v) is 1.37. The Labute approximate surface area is 97.6 Å². The van der Waals surface area contributed by atoms with Crippen LogP contribution < -0.4 is 5.48 Å². The summed E-state index contributed by atoms with van der Waals surface area (Å²) in [6.07, 6.45) is -1.48. The number of aliphatic hydroxyl groups excluding tert-OH is 1.